The van der Waals surface area contributed by atoms with E-state index in [1.807, 2.05) is 25.1 Å². The zero-order chi connectivity index (χ0) is 29.1. The number of nitrogens with one attached hydrogen (secondary N) is 4. The Morgan fingerprint density at radius 2 is 2.00 bits per heavy atom. The lowest BCUT2D eigenvalue weighted by atomic mass is 9.79. The average Bonchev–Trinajstić information content (AvgIpc) is 3.43. The molecule has 4 aliphatic rings. The number of aromatic nitrogens is 1. The van der Waals surface area contributed by atoms with Crippen LogP contribution in [0.25, 0.3) is 0 Å². The van der Waals surface area contributed by atoms with Gasteiger partial charge in [-0.3, -0.25) is 20.3 Å². The number of ether oxygens (including phenoxy) is 1. The number of nitrogens with zero attached hydrogens (tertiary/aromatic N) is 3. The summed E-state index contributed by atoms with van der Waals surface area (Å²) >= 11 is 0. The molecule has 2 amide bonds. The average molecular weight is 563 g/mol. The van der Waals surface area contributed by atoms with Gasteiger partial charge in [0.2, 0.25) is 5.66 Å². The molecule has 41 heavy (non-hydrogen) atoms. The molecule has 13 nitrogen and oxygen atoms in total. The van der Waals surface area contributed by atoms with Crippen LogP contribution >= 0.6 is 0 Å². The number of benzene rings is 1. The van der Waals surface area contributed by atoms with Gasteiger partial charge in [0.15, 0.2) is 12.0 Å². The smallest absolute Gasteiger partial charge is 0.343 e. The number of aliphatic hydroxyl groups excluding tert-OH is 1. The van der Waals surface area contributed by atoms with E-state index in [4.69, 9.17) is 16.2 Å². The number of aliphatic imine (C=N–C) groups is 1. The van der Waals surface area contributed by atoms with Crippen molar-refractivity contribution in [1.29, 1.82) is 0 Å². The molecular formula is C28H36N9O4+. The number of para-hydroxylation sites is 1. The minimum Gasteiger partial charge on any atom is -0.492 e. The van der Waals surface area contributed by atoms with E-state index in [-0.39, 0.29) is 47.9 Å². The number of aryl methyl sites for hydroxylation is 1. The summed E-state index contributed by atoms with van der Waals surface area (Å²) in [7, 11) is 0. The third-order valence-corrected chi connectivity index (χ3v) is 8.61. The predicted octanol–water partition coefficient (Wildman–Crippen LogP) is -2.58. The Morgan fingerprint density at radius 1 is 1.22 bits per heavy atom. The molecule has 1 fully saturated rings. The number of nitrogens with two attached hydrogens (primary N) is 2. The summed E-state index contributed by atoms with van der Waals surface area (Å²) in [5.74, 6) is 0.261. The van der Waals surface area contributed by atoms with Crippen LogP contribution in [-0.4, -0.2) is 88.3 Å². The quantitative estimate of drug-likeness (QED) is 0.205. The van der Waals surface area contributed by atoms with E-state index in [2.05, 4.69) is 44.8 Å². The van der Waals surface area contributed by atoms with Gasteiger partial charge in [-0.2, -0.15) is 0 Å². The molecule has 1 aromatic carbocycles. The second-order valence-corrected chi connectivity index (χ2v) is 11.7. The van der Waals surface area contributed by atoms with Crippen molar-refractivity contribution < 1.29 is 24.4 Å². The molecule has 5 heterocycles. The van der Waals surface area contributed by atoms with Crippen LogP contribution in [0, 0.1) is 6.92 Å². The van der Waals surface area contributed by atoms with Gasteiger partial charge in [0.25, 0.3) is 11.8 Å². The molecular weight excluding hydrogens is 526 g/mol. The van der Waals surface area contributed by atoms with Crippen molar-refractivity contribution in [2.24, 2.45) is 16.5 Å². The molecule has 0 bridgehead atoms. The molecule has 0 aliphatic carbocycles. The molecule has 4 aliphatic heterocycles. The van der Waals surface area contributed by atoms with Crippen molar-refractivity contribution in [1.82, 2.24) is 25.8 Å². The number of fused-ring (bicyclic) bond motifs is 1. The SMILES string of the molecule is Cc1cccc(C(=O)NC[C@@H]2N=C(N)N3CC(NC(=O)c4cccc5c4OCCC5(C)C)[C@@H](O)C34NC(N)=[NH+][C@@H]24)n1. The van der Waals surface area contributed by atoms with Crippen LogP contribution in [0.15, 0.2) is 41.4 Å². The lowest BCUT2D eigenvalue weighted by molar-refractivity contribution is -0.513. The molecule has 9 N–H and O–H groups in total. The standard InChI is InChI=1S/C28H35N9O4/c1-14-6-4-9-17(32-14)24(40)31-12-18-21-28(36-25(29)35-21)22(38)19(13-37(28)26(30)34-18)33-23(39)15-7-5-8-16-20(15)41-11-10-27(16,2)3/h4-9,18-19,21-22,38H,10-13H2,1-3H3,(H2,30,34)(H,31,40)(H,33,39)(H3,29,35,36)/p+1/t18-,19?,21-,22+,28?/m0/s1. The highest BCUT2D eigenvalue weighted by molar-refractivity contribution is 5.98. The number of hydrogen-bond acceptors (Lipinski definition) is 10. The molecule has 1 saturated heterocycles. The second kappa shape index (κ2) is 9.61. The monoisotopic (exact) mass is 562 g/mol. The topological polar surface area (TPSA) is 194 Å². The normalized spacial score (nSPS) is 29.1. The van der Waals surface area contributed by atoms with Gasteiger partial charge in [0.1, 0.15) is 23.6 Å². The Balaban J connectivity index is 1.23. The minimum atomic E-state index is -1.19. The maximum absolute atomic E-state index is 13.6. The van der Waals surface area contributed by atoms with Gasteiger partial charge in [-0.1, -0.05) is 32.0 Å². The number of rotatable bonds is 5. The van der Waals surface area contributed by atoms with Crippen molar-refractivity contribution in [2.45, 2.75) is 62.5 Å². The maximum atomic E-state index is 13.6. The van der Waals surface area contributed by atoms with Gasteiger partial charge in [0.05, 0.1) is 18.2 Å². The minimum absolute atomic E-state index is 0.115. The summed E-state index contributed by atoms with van der Waals surface area (Å²) in [5.41, 5.74) is 13.7. The first-order valence-corrected chi connectivity index (χ1v) is 13.8. The van der Waals surface area contributed by atoms with Crippen LogP contribution in [-0.2, 0) is 5.41 Å². The molecule has 2 unspecified atom stereocenters. The Hall–Kier alpha value is -4.39. The third-order valence-electron chi connectivity index (χ3n) is 8.61. The van der Waals surface area contributed by atoms with Gasteiger partial charge in [-0.15, -0.1) is 0 Å². The number of carbonyl (C=O) groups is 2. The van der Waals surface area contributed by atoms with Gasteiger partial charge >= 0.3 is 5.96 Å². The predicted molar refractivity (Wildman–Crippen MR) is 150 cm³/mol. The molecule has 2 aromatic rings. The summed E-state index contributed by atoms with van der Waals surface area (Å²) in [6, 6.07) is 8.92. The van der Waals surface area contributed by atoms with Crippen molar-refractivity contribution in [2.75, 3.05) is 19.7 Å². The van der Waals surface area contributed by atoms with Crippen LogP contribution in [0.2, 0.25) is 0 Å². The Labute approximate surface area is 237 Å². The number of amides is 2. The molecule has 13 heteroatoms. The highest BCUT2D eigenvalue weighted by atomic mass is 16.5. The number of hydrogen-bond donors (Lipinski definition) is 7. The fraction of sp³-hybridized carbons (Fsp3) is 0.464. The number of guanidine groups is 2. The maximum Gasteiger partial charge on any atom is 0.343 e. The highest BCUT2D eigenvalue weighted by Gasteiger charge is 2.68. The van der Waals surface area contributed by atoms with Gasteiger partial charge in [-0.05, 0) is 37.0 Å². The van der Waals surface area contributed by atoms with E-state index in [9.17, 15) is 14.7 Å². The van der Waals surface area contributed by atoms with Crippen LogP contribution in [0.5, 0.6) is 5.75 Å². The van der Waals surface area contributed by atoms with Crippen LogP contribution in [0.4, 0.5) is 0 Å². The number of pyridine rings is 1. The fourth-order valence-electron chi connectivity index (χ4n) is 6.44. The largest absolute Gasteiger partial charge is 0.492 e. The van der Waals surface area contributed by atoms with Gasteiger partial charge < -0.3 is 31.1 Å². The van der Waals surface area contributed by atoms with Crippen LogP contribution in [0.3, 0.4) is 0 Å². The van der Waals surface area contributed by atoms with Gasteiger partial charge in [0, 0.05) is 24.3 Å². The Kier molecular flexibility index (Phi) is 6.29. The summed E-state index contributed by atoms with van der Waals surface area (Å²) < 4.78 is 5.94. The molecule has 1 aromatic heterocycles. The lowest BCUT2D eigenvalue weighted by Gasteiger charge is -2.43. The van der Waals surface area contributed by atoms with E-state index in [1.54, 1.807) is 23.1 Å². The highest BCUT2D eigenvalue weighted by Crippen LogP contribution is 2.41. The van der Waals surface area contributed by atoms with E-state index < -0.39 is 29.9 Å². The van der Waals surface area contributed by atoms with Crippen LogP contribution < -0.4 is 37.1 Å². The number of aliphatic hydroxyl groups is 1. The van der Waals surface area contributed by atoms with Crippen molar-refractivity contribution in [3.63, 3.8) is 0 Å². The zero-order valence-corrected chi connectivity index (χ0v) is 23.3. The third kappa shape index (κ3) is 4.31. The summed E-state index contributed by atoms with van der Waals surface area (Å²) in [6.45, 7) is 6.90. The van der Waals surface area contributed by atoms with Crippen molar-refractivity contribution >= 4 is 23.7 Å². The van der Waals surface area contributed by atoms with Crippen LogP contribution in [0.1, 0.15) is 52.4 Å². The first-order valence-electron chi connectivity index (χ1n) is 13.8. The zero-order valence-electron chi connectivity index (χ0n) is 23.3. The van der Waals surface area contributed by atoms with Crippen molar-refractivity contribution in [3.8, 4) is 5.75 Å². The molecule has 1 spiro atoms. The van der Waals surface area contributed by atoms with E-state index in [0.717, 1.165) is 17.7 Å². The first-order chi connectivity index (χ1) is 19.5. The van der Waals surface area contributed by atoms with E-state index in [1.165, 1.54) is 0 Å². The van der Waals surface area contributed by atoms with E-state index in [0.29, 0.717) is 17.9 Å². The summed E-state index contributed by atoms with van der Waals surface area (Å²) in [6.07, 6.45) is -0.281. The lowest BCUT2D eigenvalue weighted by Crippen LogP contribution is -2.88. The molecule has 5 atom stereocenters. The molecule has 6 rings (SSSR count). The first kappa shape index (κ1) is 26.8. The second-order valence-electron chi connectivity index (χ2n) is 11.7. The molecule has 216 valence electrons. The van der Waals surface area contributed by atoms with Crippen molar-refractivity contribution in [3.05, 3.63) is 58.9 Å². The Bertz CT molecular complexity index is 1470. The molecule has 0 radical (unpaired) electrons. The van der Waals surface area contributed by atoms with E-state index >= 15 is 0 Å². The number of carbonyl (C=O) groups excluding carboxylic acids is 2. The molecule has 0 saturated carbocycles. The summed E-state index contributed by atoms with van der Waals surface area (Å²) in [4.78, 5) is 40.1. The fourth-order valence-corrected chi connectivity index (χ4v) is 6.44. The Morgan fingerprint density at radius 3 is 2.78 bits per heavy atom. The van der Waals surface area contributed by atoms with Gasteiger partial charge in [-0.25, -0.2) is 15.3 Å². The summed E-state index contributed by atoms with van der Waals surface area (Å²) in [5, 5.41) is 20.8.